The molecule has 1 amide bonds. The number of carbonyl (C=O) groups is 1. The summed E-state index contributed by atoms with van der Waals surface area (Å²) in [6.45, 7) is 6.81. The Hall–Kier alpha value is 0.444. The summed E-state index contributed by atoms with van der Waals surface area (Å²) in [5.74, 6) is -0.273. The summed E-state index contributed by atoms with van der Waals surface area (Å²) in [7, 11) is 0. The van der Waals surface area contributed by atoms with E-state index in [2.05, 4.69) is 19.2 Å². The van der Waals surface area contributed by atoms with Crippen LogP contribution in [-0.2, 0) is 37.5 Å². The monoisotopic (exact) mass is 174 g/mol. The van der Waals surface area contributed by atoms with Gasteiger partial charge in [0, 0.05) is 32.7 Å². The number of rotatable bonds is 1. The van der Waals surface area contributed by atoms with Crippen molar-refractivity contribution in [2.75, 3.05) is 6.54 Å². The minimum absolute atomic E-state index is 0. The molecular formula is C4H7NOY-2. The Kier molecular flexibility index (Phi) is 9.60. The van der Waals surface area contributed by atoms with Crippen molar-refractivity contribution < 1.29 is 37.5 Å². The zero-order valence-electron chi connectivity index (χ0n) is 4.11. The molecule has 0 saturated carbocycles. The van der Waals surface area contributed by atoms with Gasteiger partial charge in [0.25, 0.3) is 0 Å². The van der Waals surface area contributed by atoms with Crippen LogP contribution in [0.3, 0.4) is 0 Å². The van der Waals surface area contributed by atoms with E-state index in [0.717, 1.165) is 0 Å². The van der Waals surface area contributed by atoms with E-state index in [9.17, 15) is 4.79 Å². The van der Waals surface area contributed by atoms with Gasteiger partial charge in [-0.05, 0) is 0 Å². The number of hydrogen-bond acceptors (Lipinski definition) is 1. The summed E-state index contributed by atoms with van der Waals surface area (Å²) >= 11 is 0. The third-order valence-corrected chi connectivity index (χ3v) is 0.322. The molecule has 0 spiro atoms. The number of carbonyl (C=O) groups excluding carboxylic acids is 1. The van der Waals surface area contributed by atoms with Crippen LogP contribution in [0.4, 0.5) is 0 Å². The molecule has 0 fully saturated rings. The van der Waals surface area contributed by atoms with Crippen molar-refractivity contribution in [2.45, 2.75) is 0 Å². The van der Waals surface area contributed by atoms with E-state index < -0.39 is 0 Å². The van der Waals surface area contributed by atoms with Gasteiger partial charge in [0.1, 0.15) is 0 Å². The molecule has 3 heteroatoms. The summed E-state index contributed by atoms with van der Waals surface area (Å²) in [6, 6.07) is 0. The molecular weight excluding hydrogens is 167 g/mol. The molecule has 0 heterocycles. The van der Waals surface area contributed by atoms with Gasteiger partial charge in [0.2, 0.25) is 0 Å². The maximum atomic E-state index is 9.78. The van der Waals surface area contributed by atoms with Crippen LogP contribution in [0.15, 0.2) is 0 Å². The van der Waals surface area contributed by atoms with Gasteiger partial charge in [0.05, 0.1) is 5.91 Å². The zero-order valence-corrected chi connectivity index (χ0v) is 6.95. The van der Waals surface area contributed by atoms with Crippen LogP contribution in [0.5, 0.6) is 0 Å². The van der Waals surface area contributed by atoms with Crippen LogP contribution in [0.25, 0.3) is 0 Å². The molecule has 1 N–H and O–H groups in total. The van der Waals surface area contributed by atoms with Crippen LogP contribution in [0.2, 0.25) is 0 Å². The molecule has 0 aliphatic carbocycles. The van der Waals surface area contributed by atoms with Crippen LogP contribution in [-0.4, -0.2) is 12.5 Å². The number of nitrogens with one attached hydrogen (secondary N) is 1. The standard InChI is InChI=1S/C4H7NO.Y/c1-3-5-4(2)6;/h1-3H2,(H,5,6);/q-2;. The van der Waals surface area contributed by atoms with Crippen molar-refractivity contribution in [3.8, 4) is 0 Å². The Labute approximate surface area is 68.9 Å². The van der Waals surface area contributed by atoms with E-state index in [1.54, 1.807) is 0 Å². The maximum absolute atomic E-state index is 9.78. The van der Waals surface area contributed by atoms with Gasteiger partial charge in [-0.3, -0.25) is 0 Å². The van der Waals surface area contributed by atoms with Gasteiger partial charge in [-0.25, -0.2) is 0 Å². The molecule has 0 rings (SSSR count). The molecule has 0 saturated heterocycles. The zero-order chi connectivity index (χ0) is 4.99. The summed E-state index contributed by atoms with van der Waals surface area (Å²) in [4.78, 5) is 9.78. The van der Waals surface area contributed by atoms with Crippen LogP contribution >= 0.6 is 0 Å². The predicted octanol–water partition coefficient (Wildman–Crippen LogP) is -0.232. The molecule has 39 valence electrons. The fourth-order valence-electron chi connectivity index (χ4n) is 0.139. The summed E-state index contributed by atoms with van der Waals surface area (Å²) < 4.78 is 0. The smallest absolute Gasteiger partial charge is 0.0772 e. The van der Waals surface area contributed by atoms with Gasteiger partial charge in [-0.15, -0.1) is 6.54 Å². The summed E-state index contributed by atoms with van der Waals surface area (Å²) in [5.41, 5.74) is 0. The molecule has 0 aromatic heterocycles. The fraction of sp³-hybridized carbons (Fsp3) is 0.250. The third-order valence-electron chi connectivity index (χ3n) is 0.322. The van der Waals surface area contributed by atoms with Gasteiger partial charge in [0.15, 0.2) is 0 Å². The van der Waals surface area contributed by atoms with Gasteiger partial charge in [-0.1, -0.05) is 0 Å². The second kappa shape index (κ2) is 6.44. The average molecular weight is 174 g/mol. The Morgan fingerprint density at radius 2 is 2.14 bits per heavy atom. The van der Waals surface area contributed by atoms with E-state index in [4.69, 9.17) is 0 Å². The fourth-order valence-corrected chi connectivity index (χ4v) is 0.139. The van der Waals surface area contributed by atoms with E-state index in [-0.39, 0.29) is 38.6 Å². The third kappa shape index (κ3) is 10.7. The first-order valence-electron chi connectivity index (χ1n) is 1.66. The first-order valence-corrected chi connectivity index (χ1v) is 1.66. The van der Waals surface area contributed by atoms with Crippen LogP contribution in [0.1, 0.15) is 0 Å². The van der Waals surface area contributed by atoms with Crippen molar-refractivity contribution in [2.24, 2.45) is 0 Å². The summed E-state index contributed by atoms with van der Waals surface area (Å²) in [5, 5.41) is 2.35. The van der Waals surface area contributed by atoms with Crippen molar-refractivity contribution in [3.05, 3.63) is 13.8 Å². The molecule has 0 bridgehead atoms. The molecule has 0 aliphatic heterocycles. The number of hydrogen-bond donors (Lipinski definition) is 1. The quantitative estimate of drug-likeness (QED) is 0.546. The normalized spacial score (nSPS) is 6.43. The SMILES string of the molecule is [CH2-]CNC([CH2-])=O.[Y]. The van der Waals surface area contributed by atoms with Gasteiger partial charge < -0.3 is 24.0 Å². The average Bonchev–Trinajstić information content (AvgIpc) is 1.35. The Balaban J connectivity index is 0. The minimum Gasteiger partial charge on any atom is -0.411 e. The van der Waals surface area contributed by atoms with Crippen molar-refractivity contribution in [1.29, 1.82) is 0 Å². The first kappa shape index (κ1) is 10.4. The minimum atomic E-state index is -0.273. The van der Waals surface area contributed by atoms with E-state index >= 15 is 0 Å². The van der Waals surface area contributed by atoms with Crippen molar-refractivity contribution in [1.82, 2.24) is 5.32 Å². The van der Waals surface area contributed by atoms with E-state index in [1.807, 2.05) is 0 Å². The van der Waals surface area contributed by atoms with E-state index in [0.29, 0.717) is 6.54 Å². The Morgan fingerprint density at radius 1 is 1.71 bits per heavy atom. The molecule has 0 aromatic carbocycles. The largest absolute Gasteiger partial charge is 0.411 e. The predicted molar refractivity (Wildman–Crippen MR) is 23.7 cm³/mol. The molecule has 1 radical (unpaired) electrons. The molecule has 0 aromatic rings. The molecule has 0 aliphatic rings. The molecule has 0 atom stereocenters. The number of amides is 1. The Morgan fingerprint density at radius 3 is 2.14 bits per heavy atom. The van der Waals surface area contributed by atoms with Crippen molar-refractivity contribution >= 4 is 5.91 Å². The Bertz CT molecular complexity index is 55.7. The second-order valence-corrected chi connectivity index (χ2v) is 0.850. The van der Waals surface area contributed by atoms with Crippen molar-refractivity contribution in [3.63, 3.8) is 0 Å². The van der Waals surface area contributed by atoms with Crippen LogP contribution in [0, 0.1) is 13.8 Å². The first-order chi connectivity index (χ1) is 2.77. The molecule has 7 heavy (non-hydrogen) atoms. The topological polar surface area (TPSA) is 29.1 Å². The van der Waals surface area contributed by atoms with Gasteiger partial charge >= 0.3 is 0 Å². The molecule has 2 nitrogen and oxygen atoms in total. The van der Waals surface area contributed by atoms with Gasteiger partial charge in [-0.2, -0.15) is 0 Å². The molecule has 0 unspecified atom stereocenters. The van der Waals surface area contributed by atoms with E-state index in [1.165, 1.54) is 0 Å². The van der Waals surface area contributed by atoms with Crippen LogP contribution < -0.4 is 5.32 Å². The maximum Gasteiger partial charge on any atom is 0.0772 e. The summed E-state index contributed by atoms with van der Waals surface area (Å²) in [6.07, 6.45) is 0. The second-order valence-electron chi connectivity index (χ2n) is 0.850.